The van der Waals surface area contributed by atoms with Gasteiger partial charge in [-0.2, -0.15) is 0 Å². The molecule has 0 bridgehead atoms. The second-order valence-electron chi connectivity index (χ2n) is 16.9. The third-order valence-corrected chi connectivity index (χ3v) is 11.1. The molecule has 0 aliphatic carbocycles. The van der Waals surface area contributed by atoms with Crippen LogP contribution in [0.4, 0.5) is 0 Å². The highest BCUT2D eigenvalue weighted by atomic mass is 16.7. The maximum Gasteiger partial charge on any atom is 0.339 e. The van der Waals surface area contributed by atoms with Crippen molar-refractivity contribution in [2.24, 2.45) is 5.92 Å². The first-order valence-electron chi connectivity index (χ1n) is 21.6. The van der Waals surface area contributed by atoms with Gasteiger partial charge in [0, 0.05) is 13.8 Å². The predicted molar refractivity (Wildman–Crippen MR) is 222 cm³/mol. The van der Waals surface area contributed by atoms with Crippen molar-refractivity contribution in [1.29, 1.82) is 0 Å². The normalized spacial score (nSPS) is 32.6. The lowest BCUT2D eigenvalue weighted by molar-refractivity contribution is -0.328. The first-order valence-corrected chi connectivity index (χ1v) is 21.6. The fourth-order valence-electron chi connectivity index (χ4n) is 7.57. The van der Waals surface area contributed by atoms with Gasteiger partial charge in [0.15, 0.2) is 18.0 Å². The third-order valence-electron chi connectivity index (χ3n) is 11.1. The average molecular weight is 973 g/mol. The van der Waals surface area contributed by atoms with Gasteiger partial charge in [-0.1, -0.05) is 38.1 Å². The summed E-state index contributed by atoms with van der Waals surface area (Å²) in [6.07, 6.45) is -25.3. The van der Waals surface area contributed by atoms with Gasteiger partial charge in [0.1, 0.15) is 98.5 Å². The summed E-state index contributed by atoms with van der Waals surface area (Å²) in [6, 6.07) is 11.5. The van der Waals surface area contributed by atoms with Crippen molar-refractivity contribution >= 4 is 23.9 Å². The number of carbonyl (C=O) groups is 4. The highest BCUT2D eigenvalue weighted by molar-refractivity contribution is 5.86. The number of esters is 4. The second-order valence-corrected chi connectivity index (χ2v) is 16.9. The third kappa shape index (κ3) is 13.8. The number of aliphatic hydroxyl groups excluding tert-OH is 10. The molecule has 2 aromatic rings. The molecule has 24 nitrogen and oxygen atoms in total. The SMILES string of the molecule is CC(=O)OCC1OC(OC(CC(=O)OCc2ccc(OC3OC(CO)C(O)C(O)C3O)cc2)(CC(C)C)C(=O)OCc2ccc(OC3OC(CO)C(O)C(O)C3O)cc2)C(O)C(OC(C)=O)C1O. The van der Waals surface area contributed by atoms with Crippen molar-refractivity contribution in [3.8, 4) is 11.5 Å². The first-order chi connectivity index (χ1) is 32.2. The van der Waals surface area contributed by atoms with Crippen LogP contribution in [0.5, 0.6) is 11.5 Å². The molecule has 16 atom stereocenters. The molecule has 3 saturated heterocycles. The summed E-state index contributed by atoms with van der Waals surface area (Å²) in [5, 5.41) is 102. The molecule has 2 aromatic carbocycles. The van der Waals surface area contributed by atoms with E-state index in [9.17, 15) is 70.2 Å². The number of aliphatic hydroxyl groups is 10. The Hall–Kier alpha value is -4.64. The Kier molecular flexibility index (Phi) is 19.4. The zero-order valence-corrected chi connectivity index (χ0v) is 37.5. The molecule has 0 spiro atoms. The Balaban J connectivity index is 1.35. The molecule has 10 N–H and O–H groups in total. The molecule has 3 aliphatic rings. The lowest BCUT2D eigenvalue weighted by Crippen LogP contribution is -2.63. The molecular formula is C44H60O24. The summed E-state index contributed by atoms with van der Waals surface area (Å²) in [5.74, 6) is -4.07. The highest BCUT2D eigenvalue weighted by Gasteiger charge is 2.54. The number of ether oxygens (including phenoxy) is 10. The fourth-order valence-corrected chi connectivity index (χ4v) is 7.57. The predicted octanol–water partition coefficient (Wildman–Crippen LogP) is -3.04. The van der Waals surface area contributed by atoms with E-state index < -0.39 is 160 Å². The van der Waals surface area contributed by atoms with Crippen molar-refractivity contribution < 1.29 is 118 Å². The lowest BCUT2D eigenvalue weighted by atomic mass is 9.88. The van der Waals surface area contributed by atoms with Crippen LogP contribution in [0.25, 0.3) is 0 Å². The minimum Gasteiger partial charge on any atom is -0.463 e. The molecule has 3 fully saturated rings. The summed E-state index contributed by atoms with van der Waals surface area (Å²) in [7, 11) is 0. The van der Waals surface area contributed by atoms with Crippen LogP contribution in [0.2, 0.25) is 0 Å². The van der Waals surface area contributed by atoms with Crippen molar-refractivity contribution in [3.63, 3.8) is 0 Å². The van der Waals surface area contributed by atoms with Crippen LogP contribution in [0.1, 0.15) is 51.7 Å². The number of hydrogen-bond donors (Lipinski definition) is 10. The Bertz CT molecular complexity index is 1950. The summed E-state index contributed by atoms with van der Waals surface area (Å²) in [4.78, 5) is 52.0. The molecule has 0 amide bonds. The molecular weight excluding hydrogens is 912 g/mol. The Morgan fingerprint density at radius 2 is 1.04 bits per heavy atom. The Morgan fingerprint density at radius 3 is 1.49 bits per heavy atom. The standard InChI is InChI=1S/C44H60O24/c1-20(2)13-44(68-42-38(57)39(62-22(4)48)33(52)29(67-42)19-59-21(3)47,43(58)61-18-24-7-11-26(12-8-24)64-41-37(56)35(54)32(51)28(16-46)66-41)14-30(49)60-17-23-5-9-25(10-6-23)63-40-36(55)34(53)31(50)27(15-45)65-40/h5-12,20,27-29,31-42,45-46,50-57H,13-19H2,1-4H3. The Labute approximate surface area is 389 Å². The van der Waals surface area contributed by atoms with Crippen molar-refractivity contribution in [2.45, 2.75) is 151 Å². The summed E-state index contributed by atoms with van der Waals surface area (Å²) >= 11 is 0. The molecule has 68 heavy (non-hydrogen) atoms. The Morgan fingerprint density at radius 1 is 0.574 bits per heavy atom. The van der Waals surface area contributed by atoms with Crippen LogP contribution >= 0.6 is 0 Å². The molecule has 0 saturated carbocycles. The van der Waals surface area contributed by atoms with Crippen molar-refractivity contribution in [2.75, 3.05) is 19.8 Å². The summed E-state index contributed by atoms with van der Waals surface area (Å²) in [6.45, 7) is 2.70. The van der Waals surface area contributed by atoms with Crippen LogP contribution in [0, 0.1) is 5.92 Å². The molecule has 3 heterocycles. The zero-order chi connectivity index (χ0) is 50.0. The van der Waals surface area contributed by atoms with E-state index in [4.69, 9.17) is 47.4 Å². The molecule has 3 aliphatic heterocycles. The second kappa shape index (κ2) is 24.3. The maximum absolute atomic E-state index is 14.5. The van der Waals surface area contributed by atoms with Crippen molar-refractivity contribution in [1.82, 2.24) is 0 Å². The van der Waals surface area contributed by atoms with E-state index in [1.165, 1.54) is 48.5 Å². The van der Waals surface area contributed by atoms with Crippen LogP contribution in [-0.2, 0) is 70.3 Å². The molecule has 0 aromatic heterocycles. The summed E-state index contributed by atoms with van der Waals surface area (Å²) < 4.78 is 55.6. The van der Waals surface area contributed by atoms with E-state index >= 15 is 0 Å². The van der Waals surface area contributed by atoms with E-state index in [0.29, 0.717) is 11.1 Å². The van der Waals surface area contributed by atoms with E-state index in [0.717, 1.165) is 13.8 Å². The van der Waals surface area contributed by atoms with Gasteiger partial charge in [-0.05, 0) is 47.7 Å². The van der Waals surface area contributed by atoms with Crippen LogP contribution in [0.3, 0.4) is 0 Å². The van der Waals surface area contributed by atoms with E-state index in [1.54, 1.807) is 13.8 Å². The quantitative estimate of drug-likeness (QED) is 0.0466. The lowest BCUT2D eigenvalue weighted by Gasteiger charge is -2.44. The van der Waals surface area contributed by atoms with Gasteiger partial charge < -0.3 is 98.4 Å². The van der Waals surface area contributed by atoms with Gasteiger partial charge in [-0.25, -0.2) is 4.79 Å². The van der Waals surface area contributed by atoms with Crippen LogP contribution in [0.15, 0.2) is 48.5 Å². The van der Waals surface area contributed by atoms with Gasteiger partial charge in [0.25, 0.3) is 0 Å². The van der Waals surface area contributed by atoms with E-state index in [1.807, 2.05) is 0 Å². The van der Waals surface area contributed by atoms with E-state index in [-0.39, 0.29) is 24.5 Å². The monoisotopic (exact) mass is 972 g/mol. The van der Waals surface area contributed by atoms with Crippen LogP contribution in [-0.4, -0.2) is 192 Å². The van der Waals surface area contributed by atoms with Crippen LogP contribution < -0.4 is 9.47 Å². The first kappa shape index (κ1) is 54.3. The van der Waals surface area contributed by atoms with Gasteiger partial charge in [-0.15, -0.1) is 0 Å². The average Bonchev–Trinajstić information content (AvgIpc) is 3.30. The maximum atomic E-state index is 14.5. The molecule has 380 valence electrons. The minimum atomic E-state index is -2.33. The number of hydrogen-bond acceptors (Lipinski definition) is 24. The fraction of sp³-hybridized carbons (Fsp3) is 0.636. The topological polar surface area (TPSA) is 363 Å². The van der Waals surface area contributed by atoms with Gasteiger partial charge in [0.05, 0.1) is 19.6 Å². The zero-order valence-electron chi connectivity index (χ0n) is 37.5. The molecule has 16 unspecified atom stereocenters. The largest absolute Gasteiger partial charge is 0.463 e. The number of rotatable bonds is 20. The minimum absolute atomic E-state index is 0.108. The smallest absolute Gasteiger partial charge is 0.339 e. The van der Waals surface area contributed by atoms with E-state index in [2.05, 4.69) is 0 Å². The van der Waals surface area contributed by atoms with Gasteiger partial charge in [0.2, 0.25) is 12.6 Å². The summed E-state index contributed by atoms with van der Waals surface area (Å²) in [5.41, 5.74) is -1.58. The number of benzene rings is 2. The number of carbonyl (C=O) groups excluding carboxylic acids is 4. The van der Waals surface area contributed by atoms with Gasteiger partial charge >= 0.3 is 23.9 Å². The molecule has 24 heteroatoms. The molecule has 5 rings (SSSR count). The van der Waals surface area contributed by atoms with Crippen molar-refractivity contribution in [3.05, 3.63) is 59.7 Å². The highest BCUT2D eigenvalue weighted by Crippen LogP contribution is 2.35. The van der Waals surface area contributed by atoms with Gasteiger partial charge in [-0.3, -0.25) is 14.4 Å². The molecule has 0 radical (unpaired) electrons.